The quantitative estimate of drug-likeness (QED) is 0.0258. The van der Waals surface area contributed by atoms with Gasteiger partial charge in [0.1, 0.15) is 0 Å². The van der Waals surface area contributed by atoms with Crippen LogP contribution in [-0.2, 0) is 18.7 Å². The molecule has 10 heteroatoms. The zero-order valence-electron chi connectivity index (χ0n) is 28.8. The van der Waals surface area contributed by atoms with Crippen LogP contribution in [0.15, 0.2) is 0 Å². The molecule has 45 heavy (non-hydrogen) atoms. The highest BCUT2D eigenvalue weighted by molar-refractivity contribution is 7.46. The van der Waals surface area contributed by atoms with Gasteiger partial charge in [-0.3, -0.25) is 9.59 Å². The lowest BCUT2D eigenvalue weighted by molar-refractivity contribution is -0.252. The van der Waals surface area contributed by atoms with Gasteiger partial charge in [0.2, 0.25) is 5.79 Å². The number of ketones is 2. The molecule has 0 aromatic heterocycles. The van der Waals surface area contributed by atoms with Gasteiger partial charge in [0, 0.05) is 12.8 Å². The van der Waals surface area contributed by atoms with Gasteiger partial charge in [0.05, 0.1) is 0 Å². The molecule has 2 unspecified atom stereocenters. The molecule has 0 saturated carbocycles. The van der Waals surface area contributed by atoms with E-state index in [0.29, 0.717) is 25.7 Å². The standard InChI is InChI=1S/C35H69O9P/c1-3-5-7-9-11-13-15-17-19-21-23-25-27-29-31(36)33(38)35(40,44-45(41,42)43)34(39)32(37)30-28-26-24-22-20-18-16-14-12-10-8-6-4-2/h33-34,38-40H,3-30H2,1-2H3,(H2,41,42,43). The van der Waals surface area contributed by atoms with E-state index in [2.05, 4.69) is 18.4 Å². The summed E-state index contributed by atoms with van der Waals surface area (Å²) in [5, 5.41) is 31.8. The van der Waals surface area contributed by atoms with Crippen molar-refractivity contribution >= 4 is 19.4 Å². The predicted octanol–water partition coefficient (Wildman–Crippen LogP) is 8.61. The van der Waals surface area contributed by atoms with E-state index in [1.54, 1.807) is 0 Å². The highest BCUT2D eigenvalue weighted by Crippen LogP contribution is 2.43. The number of aliphatic hydroxyl groups excluding tert-OH is 2. The normalized spacial score (nSPS) is 14.7. The molecule has 0 fully saturated rings. The fourth-order valence-corrected chi connectivity index (χ4v) is 6.39. The maximum Gasteiger partial charge on any atom is 0.472 e. The summed E-state index contributed by atoms with van der Waals surface area (Å²) in [6.07, 6.45) is 23.4. The van der Waals surface area contributed by atoms with Crippen molar-refractivity contribution in [2.45, 2.75) is 212 Å². The van der Waals surface area contributed by atoms with Gasteiger partial charge < -0.3 is 25.1 Å². The van der Waals surface area contributed by atoms with Crippen molar-refractivity contribution in [2.75, 3.05) is 0 Å². The first-order valence-electron chi connectivity index (χ1n) is 18.4. The van der Waals surface area contributed by atoms with Crippen LogP contribution in [0.2, 0.25) is 0 Å². The zero-order valence-corrected chi connectivity index (χ0v) is 29.7. The molecule has 0 heterocycles. The number of carbonyl (C=O) groups excluding carboxylic acids is 2. The average molecular weight is 665 g/mol. The number of hydrogen-bond donors (Lipinski definition) is 5. The van der Waals surface area contributed by atoms with Crippen LogP contribution >= 0.6 is 7.82 Å². The maximum atomic E-state index is 12.6. The van der Waals surface area contributed by atoms with E-state index in [1.807, 2.05) is 0 Å². The number of carbonyl (C=O) groups is 2. The lowest BCUT2D eigenvalue weighted by atomic mass is 9.92. The fourth-order valence-electron chi connectivity index (χ4n) is 5.81. The van der Waals surface area contributed by atoms with E-state index in [1.165, 1.54) is 103 Å². The average Bonchev–Trinajstić information content (AvgIpc) is 2.99. The van der Waals surface area contributed by atoms with Gasteiger partial charge >= 0.3 is 7.82 Å². The van der Waals surface area contributed by atoms with E-state index >= 15 is 0 Å². The van der Waals surface area contributed by atoms with Crippen LogP contribution in [0.5, 0.6) is 0 Å². The lowest BCUT2D eigenvalue weighted by Gasteiger charge is -2.34. The number of phosphoric ester groups is 1. The first-order chi connectivity index (χ1) is 21.5. The molecule has 5 N–H and O–H groups in total. The monoisotopic (exact) mass is 664 g/mol. The minimum Gasteiger partial charge on any atom is -0.380 e. The molecule has 0 saturated heterocycles. The van der Waals surface area contributed by atoms with Crippen molar-refractivity contribution in [3.63, 3.8) is 0 Å². The number of Topliss-reactive ketones (excluding diaryl/α,β-unsaturated/α-hetero) is 2. The fraction of sp³-hybridized carbons (Fsp3) is 0.943. The Morgan fingerprint density at radius 1 is 0.511 bits per heavy atom. The van der Waals surface area contributed by atoms with Gasteiger partial charge in [0.15, 0.2) is 23.8 Å². The molecule has 0 aliphatic heterocycles. The Balaban J connectivity index is 4.37. The first-order valence-corrected chi connectivity index (χ1v) is 19.9. The van der Waals surface area contributed by atoms with Crippen LogP contribution in [0.4, 0.5) is 0 Å². The van der Waals surface area contributed by atoms with Crippen LogP contribution in [-0.4, -0.2) is 54.7 Å². The molecule has 9 nitrogen and oxygen atoms in total. The van der Waals surface area contributed by atoms with Crippen LogP contribution in [0.1, 0.15) is 194 Å². The van der Waals surface area contributed by atoms with Crippen molar-refractivity contribution in [3.05, 3.63) is 0 Å². The van der Waals surface area contributed by atoms with Crippen molar-refractivity contribution in [3.8, 4) is 0 Å². The van der Waals surface area contributed by atoms with Gasteiger partial charge in [-0.1, -0.05) is 168 Å². The molecule has 0 spiro atoms. The second kappa shape index (κ2) is 28.4. The van der Waals surface area contributed by atoms with E-state index in [9.17, 15) is 39.3 Å². The maximum absolute atomic E-state index is 12.6. The molecule has 0 aliphatic carbocycles. The predicted molar refractivity (Wildman–Crippen MR) is 181 cm³/mol. The zero-order chi connectivity index (χ0) is 33.8. The molecule has 2 atom stereocenters. The summed E-state index contributed by atoms with van der Waals surface area (Å²) in [5.74, 6) is -5.32. The Morgan fingerprint density at radius 2 is 0.733 bits per heavy atom. The highest BCUT2D eigenvalue weighted by Gasteiger charge is 2.53. The highest BCUT2D eigenvalue weighted by atomic mass is 31.2. The Hall–Kier alpha value is -0.670. The molecule has 0 aromatic carbocycles. The smallest absolute Gasteiger partial charge is 0.380 e. The summed E-state index contributed by atoms with van der Waals surface area (Å²) < 4.78 is 15.8. The van der Waals surface area contributed by atoms with Crippen LogP contribution in [0, 0.1) is 0 Å². The third-order valence-corrected chi connectivity index (χ3v) is 9.24. The van der Waals surface area contributed by atoms with E-state index in [4.69, 9.17) is 0 Å². The molecular formula is C35H69O9P. The second-order valence-corrected chi connectivity index (χ2v) is 14.2. The van der Waals surface area contributed by atoms with Gasteiger partial charge in [-0.2, -0.15) is 0 Å². The Morgan fingerprint density at radius 3 is 0.956 bits per heavy atom. The molecule has 0 bridgehead atoms. The van der Waals surface area contributed by atoms with Gasteiger partial charge in [-0.25, -0.2) is 9.09 Å². The molecular weight excluding hydrogens is 595 g/mol. The number of rotatable bonds is 34. The molecule has 0 amide bonds. The largest absolute Gasteiger partial charge is 0.472 e. The molecule has 0 aromatic rings. The van der Waals surface area contributed by atoms with Gasteiger partial charge in [0.25, 0.3) is 0 Å². The number of hydrogen-bond acceptors (Lipinski definition) is 7. The van der Waals surface area contributed by atoms with Crippen molar-refractivity contribution in [2.24, 2.45) is 0 Å². The summed E-state index contributed by atoms with van der Waals surface area (Å²) >= 11 is 0. The number of unbranched alkanes of at least 4 members (excludes halogenated alkanes) is 24. The van der Waals surface area contributed by atoms with E-state index in [0.717, 1.165) is 38.5 Å². The van der Waals surface area contributed by atoms with Crippen molar-refractivity contribution < 1.29 is 43.8 Å². The summed E-state index contributed by atoms with van der Waals surface area (Å²) in [7, 11) is -5.47. The summed E-state index contributed by atoms with van der Waals surface area (Å²) in [4.78, 5) is 43.8. The van der Waals surface area contributed by atoms with Gasteiger partial charge in [-0.15, -0.1) is 0 Å². The third kappa shape index (κ3) is 24.2. The lowest BCUT2D eigenvalue weighted by Crippen LogP contribution is -2.59. The molecule has 0 radical (unpaired) electrons. The summed E-state index contributed by atoms with van der Waals surface area (Å²) in [5.41, 5.74) is 0. The first kappa shape index (κ1) is 44.3. The van der Waals surface area contributed by atoms with Crippen LogP contribution < -0.4 is 0 Å². The third-order valence-electron chi connectivity index (χ3n) is 8.71. The van der Waals surface area contributed by atoms with E-state index in [-0.39, 0.29) is 12.8 Å². The molecule has 0 rings (SSSR count). The topological polar surface area (TPSA) is 162 Å². The number of phosphoric acid groups is 1. The van der Waals surface area contributed by atoms with Crippen LogP contribution in [0.25, 0.3) is 0 Å². The Kier molecular flexibility index (Phi) is 27.9. The minimum absolute atomic E-state index is 0.175. The van der Waals surface area contributed by atoms with Crippen molar-refractivity contribution in [1.82, 2.24) is 0 Å². The summed E-state index contributed by atoms with van der Waals surface area (Å²) in [6, 6.07) is 0. The van der Waals surface area contributed by atoms with Crippen LogP contribution in [0.3, 0.4) is 0 Å². The second-order valence-electron chi connectivity index (χ2n) is 13.1. The Labute approximate surface area is 274 Å². The Bertz CT molecular complexity index is 722. The molecule has 268 valence electrons. The molecule has 0 aliphatic rings. The summed E-state index contributed by atoms with van der Waals surface area (Å²) in [6.45, 7) is 4.43. The minimum atomic E-state index is -5.47. The van der Waals surface area contributed by atoms with E-state index < -0.39 is 37.4 Å². The van der Waals surface area contributed by atoms with Gasteiger partial charge in [-0.05, 0) is 12.8 Å². The number of aliphatic hydroxyl groups is 3. The van der Waals surface area contributed by atoms with Crippen molar-refractivity contribution in [1.29, 1.82) is 0 Å². The SMILES string of the molecule is CCCCCCCCCCCCCCCC(=O)C(O)C(O)(OP(=O)(O)O)C(O)C(=O)CCCCCCCCCCCCCCC.